The molecule has 0 aromatic carbocycles. The molecule has 7 heteroatoms. The van der Waals surface area contributed by atoms with Crippen LogP contribution in [0.2, 0.25) is 0 Å². The van der Waals surface area contributed by atoms with Gasteiger partial charge in [-0.3, -0.25) is 0 Å². The van der Waals surface area contributed by atoms with Gasteiger partial charge >= 0.3 is 12.3 Å². The van der Waals surface area contributed by atoms with Gasteiger partial charge in [-0.25, -0.2) is 9.59 Å². The van der Waals surface area contributed by atoms with Gasteiger partial charge in [0.15, 0.2) is 0 Å². The Bertz CT molecular complexity index is 312. The second-order valence-electron chi connectivity index (χ2n) is 5.97. The number of hydrogen-bond donors (Lipinski definition) is 2. The van der Waals surface area contributed by atoms with Crippen LogP contribution >= 0.6 is 15.9 Å². The SMILES string of the molecule is CCCCCCCCC(C)OC(=O)O.O=C(O)OCCCCCCBr. The summed E-state index contributed by atoms with van der Waals surface area (Å²) in [6, 6.07) is 0. The number of carboxylic acid groups (broad SMARTS) is 2. The van der Waals surface area contributed by atoms with E-state index in [4.69, 9.17) is 10.2 Å². The van der Waals surface area contributed by atoms with Crippen LogP contribution in [0.4, 0.5) is 9.59 Å². The highest BCUT2D eigenvalue weighted by Gasteiger charge is 2.06. The number of ether oxygens (including phenoxy) is 2. The third-order valence-electron chi connectivity index (χ3n) is 3.52. The minimum absolute atomic E-state index is 0.154. The zero-order valence-electron chi connectivity index (χ0n) is 15.7. The summed E-state index contributed by atoms with van der Waals surface area (Å²) in [5, 5.41) is 17.4. The molecule has 0 amide bonds. The molecule has 0 bridgehead atoms. The molecule has 1 atom stereocenters. The van der Waals surface area contributed by atoms with Gasteiger partial charge < -0.3 is 19.7 Å². The van der Waals surface area contributed by atoms with Gasteiger partial charge in [0.25, 0.3) is 0 Å². The summed E-state index contributed by atoms with van der Waals surface area (Å²) >= 11 is 3.32. The summed E-state index contributed by atoms with van der Waals surface area (Å²) in [7, 11) is 0. The lowest BCUT2D eigenvalue weighted by Crippen LogP contribution is -2.12. The predicted octanol–water partition coefficient (Wildman–Crippen LogP) is 6.46. The number of unbranched alkanes of at least 4 members (excludes halogenated alkanes) is 8. The quantitative estimate of drug-likeness (QED) is 0.188. The van der Waals surface area contributed by atoms with E-state index in [1.807, 2.05) is 0 Å². The molecule has 0 fully saturated rings. The van der Waals surface area contributed by atoms with Crippen molar-refractivity contribution in [2.24, 2.45) is 0 Å². The molecule has 0 aliphatic heterocycles. The zero-order chi connectivity index (χ0) is 19.3. The van der Waals surface area contributed by atoms with Crippen LogP contribution < -0.4 is 0 Å². The van der Waals surface area contributed by atoms with Crippen LogP contribution in [0.3, 0.4) is 0 Å². The van der Waals surface area contributed by atoms with E-state index in [0.29, 0.717) is 6.61 Å². The van der Waals surface area contributed by atoms with E-state index in [-0.39, 0.29) is 6.10 Å². The third kappa shape index (κ3) is 28.1. The second-order valence-corrected chi connectivity index (χ2v) is 6.76. The van der Waals surface area contributed by atoms with Gasteiger partial charge in [-0.2, -0.15) is 0 Å². The zero-order valence-corrected chi connectivity index (χ0v) is 17.3. The molecular formula is C18H35BrO6. The van der Waals surface area contributed by atoms with Crippen molar-refractivity contribution in [1.82, 2.24) is 0 Å². The molecule has 0 saturated carbocycles. The van der Waals surface area contributed by atoms with Gasteiger partial charge in [-0.15, -0.1) is 0 Å². The standard InChI is InChI=1S/C11H22O3.C7H13BrO3/c1-3-4-5-6-7-8-9-10(2)14-11(12)13;8-5-3-1-2-4-6-11-7(9)10/h10H,3-9H2,1-2H3,(H,12,13);1-6H2,(H,9,10). The lowest BCUT2D eigenvalue weighted by atomic mass is 10.1. The molecule has 150 valence electrons. The minimum Gasteiger partial charge on any atom is -0.450 e. The van der Waals surface area contributed by atoms with Crippen LogP contribution in [-0.4, -0.2) is 40.6 Å². The topological polar surface area (TPSA) is 93.1 Å². The number of rotatable bonds is 14. The molecule has 1 unspecified atom stereocenters. The fourth-order valence-corrected chi connectivity index (χ4v) is 2.55. The van der Waals surface area contributed by atoms with Crippen LogP contribution in [0.25, 0.3) is 0 Å². The second kappa shape index (κ2) is 21.1. The maximum Gasteiger partial charge on any atom is 0.506 e. The van der Waals surface area contributed by atoms with Crippen LogP contribution in [0.5, 0.6) is 0 Å². The fourth-order valence-electron chi connectivity index (χ4n) is 2.15. The van der Waals surface area contributed by atoms with Crippen molar-refractivity contribution in [2.75, 3.05) is 11.9 Å². The largest absolute Gasteiger partial charge is 0.506 e. The smallest absolute Gasteiger partial charge is 0.450 e. The van der Waals surface area contributed by atoms with Crippen molar-refractivity contribution in [3.8, 4) is 0 Å². The number of alkyl halides is 1. The molecule has 0 aromatic rings. The van der Waals surface area contributed by atoms with E-state index in [9.17, 15) is 9.59 Å². The van der Waals surface area contributed by atoms with Crippen LogP contribution in [0.15, 0.2) is 0 Å². The predicted molar refractivity (Wildman–Crippen MR) is 103 cm³/mol. The van der Waals surface area contributed by atoms with Gasteiger partial charge in [0, 0.05) is 5.33 Å². The number of halogens is 1. The molecule has 0 heterocycles. The Kier molecular flexibility index (Phi) is 22.1. The van der Waals surface area contributed by atoms with Crippen LogP contribution in [0, 0.1) is 0 Å². The lowest BCUT2D eigenvalue weighted by Gasteiger charge is -2.09. The first-order valence-electron chi connectivity index (χ1n) is 9.25. The van der Waals surface area contributed by atoms with Gasteiger partial charge in [0.05, 0.1) is 6.61 Å². The van der Waals surface area contributed by atoms with Crippen molar-refractivity contribution in [3.05, 3.63) is 0 Å². The van der Waals surface area contributed by atoms with Crippen LogP contribution in [-0.2, 0) is 9.47 Å². The van der Waals surface area contributed by atoms with Gasteiger partial charge in [0.2, 0.25) is 0 Å². The van der Waals surface area contributed by atoms with E-state index < -0.39 is 12.3 Å². The molecule has 0 aliphatic rings. The number of carbonyl (C=O) groups is 2. The molecule has 0 aliphatic carbocycles. The molecule has 0 aromatic heterocycles. The molecule has 25 heavy (non-hydrogen) atoms. The van der Waals surface area contributed by atoms with E-state index >= 15 is 0 Å². The Labute approximate surface area is 160 Å². The van der Waals surface area contributed by atoms with Crippen molar-refractivity contribution in [1.29, 1.82) is 0 Å². The number of hydrogen-bond acceptors (Lipinski definition) is 4. The monoisotopic (exact) mass is 426 g/mol. The summed E-state index contributed by atoms with van der Waals surface area (Å²) in [5.74, 6) is 0. The summed E-state index contributed by atoms with van der Waals surface area (Å²) < 4.78 is 8.92. The van der Waals surface area contributed by atoms with E-state index in [1.54, 1.807) is 6.92 Å². The molecule has 0 rings (SSSR count). The van der Waals surface area contributed by atoms with Gasteiger partial charge in [-0.05, 0) is 32.6 Å². The average molecular weight is 427 g/mol. The Hall–Kier alpha value is -0.980. The summed E-state index contributed by atoms with van der Waals surface area (Å²) in [6.45, 7) is 4.33. The van der Waals surface area contributed by atoms with Crippen molar-refractivity contribution in [2.45, 2.75) is 90.6 Å². The maximum absolute atomic E-state index is 10.2. The first-order chi connectivity index (χ1) is 11.9. The first-order valence-corrected chi connectivity index (χ1v) is 10.4. The summed E-state index contributed by atoms with van der Waals surface area (Å²) in [4.78, 5) is 20.0. The van der Waals surface area contributed by atoms with E-state index in [2.05, 4.69) is 32.3 Å². The Morgan fingerprint density at radius 3 is 2.00 bits per heavy atom. The van der Waals surface area contributed by atoms with Gasteiger partial charge in [0.1, 0.15) is 6.10 Å². The van der Waals surface area contributed by atoms with Crippen molar-refractivity contribution < 1.29 is 29.3 Å². The first kappa shape index (κ1) is 26.3. The van der Waals surface area contributed by atoms with E-state index in [0.717, 1.165) is 43.9 Å². The average Bonchev–Trinajstić information content (AvgIpc) is 2.54. The lowest BCUT2D eigenvalue weighted by molar-refractivity contribution is 0.0547. The maximum atomic E-state index is 10.2. The Morgan fingerprint density at radius 2 is 1.44 bits per heavy atom. The summed E-state index contributed by atoms with van der Waals surface area (Å²) in [5.41, 5.74) is 0. The summed E-state index contributed by atoms with van der Waals surface area (Å²) in [6.07, 6.45) is 9.88. The Morgan fingerprint density at radius 1 is 0.880 bits per heavy atom. The Balaban J connectivity index is 0. The van der Waals surface area contributed by atoms with E-state index in [1.165, 1.54) is 32.1 Å². The fraction of sp³-hybridized carbons (Fsp3) is 0.889. The molecule has 0 spiro atoms. The molecule has 6 nitrogen and oxygen atoms in total. The van der Waals surface area contributed by atoms with Gasteiger partial charge in [-0.1, -0.05) is 67.8 Å². The van der Waals surface area contributed by atoms with Crippen molar-refractivity contribution >= 4 is 28.2 Å². The molecule has 0 radical (unpaired) electrons. The molecular weight excluding hydrogens is 392 g/mol. The molecule has 0 saturated heterocycles. The van der Waals surface area contributed by atoms with Crippen LogP contribution in [0.1, 0.15) is 84.5 Å². The highest BCUT2D eigenvalue weighted by Crippen LogP contribution is 2.10. The van der Waals surface area contributed by atoms with Crippen molar-refractivity contribution in [3.63, 3.8) is 0 Å². The normalized spacial score (nSPS) is 11.2. The third-order valence-corrected chi connectivity index (χ3v) is 4.08. The highest BCUT2D eigenvalue weighted by molar-refractivity contribution is 9.09. The highest BCUT2D eigenvalue weighted by atomic mass is 79.9. The molecule has 2 N–H and O–H groups in total. The minimum atomic E-state index is -1.18.